The first-order valence-electron chi connectivity index (χ1n) is 5.89. The van der Waals surface area contributed by atoms with E-state index in [-0.39, 0.29) is 25.2 Å². The average Bonchev–Trinajstić information content (AvgIpc) is 2.89. The number of aliphatic hydroxyl groups excluding tert-OH is 1. The number of aliphatic hydroxyl groups is 1. The topological polar surface area (TPSA) is 71.5 Å². The summed E-state index contributed by atoms with van der Waals surface area (Å²) >= 11 is 1.86. The lowest BCUT2D eigenvalue weighted by atomic mass is 10.2. The van der Waals surface area contributed by atoms with Crippen molar-refractivity contribution in [2.24, 2.45) is 0 Å². The Morgan fingerprint density at radius 1 is 1.67 bits per heavy atom. The molecule has 0 radical (unpaired) electrons. The highest BCUT2D eigenvalue weighted by Crippen LogP contribution is 2.22. The molecular weight excluding hydrogens is 252 g/mol. The van der Waals surface area contributed by atoms with E-state index in [0.29, 0.717) is 11.4 Å². The van der Waals surface area contributed by atoms with Crippen LogP contribution in [0.15, 0.2) is 18.3 Å². The van der Waals surface area contributed by atoms with Crippen LogP contribution in [0.25, 0.3) is 0 Å². The van der Waals surface area contributed by atoms with Gasteiger partial charge in [0.05, 0.1) is 6.61 Å². The first-order valence-corrected chi connectivity index (χ1v) is 7.04. The van der Waals surface area contributed by atoms with Crippen molar-refractivity contribution >= 4 is 17.7 Å². The standard InChI is InChI=1S/C12H16N2O3S/c15-5-4-14-12(16)9-1-3-13-11(7-9)17-10-2-6-18-8-10/h1,3,7,10,15H,2,4-6,8H2,(H,14,16). The van der Waals surface area contributed by atoms with Gasteiger partial charge >= 0.3 is 0 Å². The molecule has 1 aromatic heterocycles. The van der Waals surface area contributed by atoms with Gasteiger partial charge in [-0.25, -0.2) is 4.98 Å². The van der Waals surface area contributed by atoms with Gasteiger partial charge < -0.3 is 15.2 Å². The summed E-state index contributed by atoms with van der Waals surface area (Å²) in [5, 5.41) is 11.2. The summed E-state index contributed by atoms with van der Waals surface area (Å²) in [6.45, 7) is 0.177. The number of carbonyl (C=O) groups excluding carboxylic acids is 1. The zero-order valence-electron chi connectivity index (χ0n) is 9.96. The third kappa shape index (κ3) is 3.61. The Bertz CT molecular complexity index is 408. The molecule has 1 amide bonds. The van der Waals surface area contributed by atoms with E-state index in [9.17, 15) is 4.79 Å². The van der Waals surface area contributed by atoms with Crippen molar-refractivity contribution < 1.29 is 14.6 Å². The number of hydrogen-bond acceptors (Lipinski definition) is 5. The van der Waals surface area contributed by atoms with Crippen molar-refractivity contribution in [3.05, 3.63) is 23.9 Å². The fourth-order valence-corrected chi connectivity index (χ4v) is 2.76. The molecule has 6 heteroatoms. The fraction of sp³-hybridized carbons (Fsp3) is 0.500. The van der Waals surface area contributed by atoms with Crippen LogP contribution in [0.5, 0.6) is 5.88 Å². The summed E-state index contributed by atoms with van der Waals surface area (Å²) in [6, 6.07) is 3.26. The SMILES string of the molecule is O=C(NCCO)c1ccnc(OC2CCSC2)c1. The van der Waals surface area contributed by atoms with Crippen LogP contribution in [0.3, 0.4) is 0 Å². The zero-order valence-corrected chi connectivity index (χ0v) is 10.8. The van der Waals surface area contributed by atoms with Crippen LogP contribution in [0.1, 0.15) is 16.8 Å². The second-order valence-corrected chi connectivity index (χ2v) is 5.12. The van der Waals surface area contributed by atoms with E-state index in [1.807, 2.05) is 11.8 Å². The van der Waals surface area contributed by atoms with Crippen molar-refractivity contribution in [1.82, 2.24) is 10.3 Å². The van der Waals surface area contributed by atoms with E-state index in [1.54, 1.807) is 18.3 Å². The number of rotatable bonds is 5. The molecule has 2 rings (SSSR count). The van der Waals surface area contributed by atoms with Crippen LogP contribution in [0.2, 0.25) is 0 Å². The predicted octanol–water partition coefficient (Wildman–Crippen LogP) is 0.688. The maximum Gasteiger partial charge on any atom is 0.251 e. The second-order valence-electron chi connectivity index (χ2n) is 3.97. The van der Waals surface area contributed by atoms with Crippen LogP contribution in [0.4, 0.5) is 0 Å². The molecule has 1 fully saturated rings. The fourth-order valence-electron chi connectivity index (χ4n) is 1.66. The molecule has 1 atom stereocenters. The Kier molecular flexibility index (Phi) is 4.83. The van der Waals surface area contributed by atoms with Crippen molar-refractivity contribution in [2.75, 3.05) is 24.7 Å². The molecule has 1 saturated heterocycles. The van der Waals surface area contributed by atoms with Gasteiger partial charge in [-0.3, -0.25) is 4.79 Å². The number of amides is 1. The molecule has 1 unspecified atom stereocenters. The first kappa shape index (κ1) is 13.2. The average molecular weight is 268 g/mol. The molecule has 2 N–H and O–H groups in total. The highest BCUT2D eigenvalue weighted by atomic mass is 32.2. The van der Waals surface area contributed by atoms with E-state index in [2.05, 4.69) is 10.3 Å². The van der Waals surface area contributed by atoms with Crippen LogP contribution in [0, 0.1) is 0 Å². The largest absolute Gasteiger partial charge is 0.473 e. The maximum atomic E-state index is 11.7. The van der Waals surface area contributed by atoms with Gasteiger partial charge in [0, 0.05) is 30.1 Å². The van der Waals surface area contributed by atoms with E-state index >= 15 is 0 Å². The molecule has 1 aliphatic heterocycles. The van der Waals surface area contributed by atoms with Crippen LogP contribution in [-0.4, -0.2) is 46.8 Å². The van der Waals surface area contributed by atoms with Crippen LogP contribution < -0.4 is 10.1 Å². The maximum absolute atomic E-state index is 11.7. The number of nitrogens with one attached hydrogen (secondary N) is 1. The molecule has 98 valence electrons. The number of pyridine rings is 1. The lowest BCUT2D eigenvalue weighted by molar-refractivity contribution is 0.0943. The number of aromatic nitrogens is 1. The van der Waals surface area contributed by atoms with Gasteiger partial charge in [-0.05, 0) is 18.2 Å². The smallest absolute Gasteiger partial charge is 0.251 e. The molecule has 1 aliphatic rings. The van der Waals surface area contributed by atoms with Gasteiger partial charge in [0.1, 0.15) is 6.10 Å². The number of nitrogens with zero attached hydrogens (tertiary/aromatic N) is 1. The molecule has 2 heterocycles. The van der Waals surface area contributed by atoms with Gasteiger partial charge in [-0.1, -0.05) is 0 Å². The molecule has 18 heavy (non-hydrogen) atoms. The molecule has 5 nitrogen and oxygen atoms in total. The molecule has 0 aliphatic carbocycles. The molecule has 0 aromatic carbocycles. The van der Waals surface area contributed by atoms with Crippen LogP contribution >= 0.6 is 11.8 Å². The van der Waals surface area contributed by atoms with Crippen LogP contribution in [-0.2, 0) is 0 Å². The highest BCUT2D eigenvalue weighted by molar-refractivity contribution is 7.99. The lowest BCUT2D eigenvalue weighted by Gasteiger charge is -2.12. The minimum absolute atomic E-state index is 0.0700. The number of ether oxygens (including phenoxy) is 1. The summed E-state index contributed by atoms with van der Waals surface area (Å²) < 4.78 is 5.71. The predicted molar refractivity (Wildman–Crippen MR) is 70.0 cm³/mol. The summed E-state index contributed by atoms with van der Waals surface area (Å²) in [6.07, 6.45) is 2.77. The highest BCUT2D eigenvalue weighted by Gasteiger charge is 2.18. The summed E-state index contributed by atoms with van der Waals surface area (Å²) in [5.41, 5.74) is 0.499. The Morgan fingerprint density at radius 3 is 3.28 bits per heavy atom. The molecule has 0 bridgehead atoms. The minimum atomic E-state index is -0.225. The molecule has 0 spiro atoms. The monoisotopic (exact) mass is 268 g/mol. The Morgan fingerprint density at radius 2 is 2.56 bits per heavy atom. The summed E-state index contributed by atoms with van der Waals surface area (Å²) in [4.78, 5) is 15.8. The third-order valence-electron chi connectivity index (χ3n) is 2.57. The van der Waals surface area contributed by atoms with Crippen molar-refractivity contribution in [2.45, 2.75) is 12.5 Å². The van der Waals surface area contributed by atoms with E-state index in [1.165, 1.54) is 0 Å². The van der Waals surface area contributed by atoms with Gasteiger partial charge in [0.2, 0.25) is 5.88 Å². The van der Waals surface area contributed by atoms with Gasteiger partial charge in [0.15, 0.2) is 0 Å². The molecule has 1 aromatic rings. The number of hydrogen-bond donors (Lipinski definition) is 2. The minimum Gasteiger partial charge on any atom is -0.473 e. The number of carbonyl (C=O) groups is 1. The third-order valence-corrected chi connectivity index (χ3v) is 3.70. The van der Waals surface area contributed by atoms with Crippen molar-refractivity contribution in [3.8, 4) is 5.88 Å². The second kappa shape index (κ2) is 6.61. The first-order chi connectivity index (χ1) is 8.79. The summed E-state index contributed by atoms with van der Waals surface area (Å²) in [7, 11) is 0. The Balaban J connectivity index is 1.97. The van der Waals surface area contributed by atoms with E-state index in [0.717, 1.165) is 17.9 Å². The normalized spacial score (nSPS) is 18.6. The molecular formula is C12H16N2O3S. The molecule has 0 saturated carbocycles. The van der Waals surface area contributed by atoms with E-state index < -0.39 is 0 Å². The van der Waals surface area contributed by atoms with E-state index in [4.69, 9.17) is 9.84 Å². The van der Waals surface area contributed by atoms with Gasteiger partial charge in [0.25, 0.3) is 5.91 Å². The van der Waals surface area contributed by atoms with Gasteiger partial charge in [-0.2, -0.15) is 11.8 Å². The Hall–Kier alpha value is -1.27. The zero-order chi connectivity index (χ0) is 12.8. The Labute approximate surface area is 110 Å². The summed E-state index contributed by atoms with van der Waals surface area (Å²) in [5.74, 6) is 2.35. The van der Waals surface area contributed by atoms with Gasteiger partial charge in [-0.15, -0.1) is 0 Å². The quantitative estimate of drug-likeness (QED) is 0.822. The number of thioether (sulfide) groups is 1. The van der Waals surface area contributed by atoms with Crippen molar-refractivity contribution in [3.63, 3.8) is 0 Å². The lowest BCUT2D eigenvalue weighted by Crippen LogP contribution is -2.26. The van der Waals surface area contributed by atoms with Crippen molar-refractivity contribution in [1.29, 1.82) is 0 Å².